The molecule has 0 aromatic carbocycles. The SMILES string of the molecule is Cl.FP(F)(F)(Cl)Cl. The Kier molecular flexibility index (Phi) is 3.35. The molecule has 0 rings (SSSR count). The van der Waals surface area contributed by atoms with Gasteiger partial charge in [-0.25, -0.2) is 0 Å². The Balaban J connectivity index is 0. The molecular weight excluding hydrogens is 194 g/mol. The van der Waals surface area contributed by atoms with Gasteiger partial charge < -0.3 is 0 Å². The average molecular weight is 195 g/mol. The Morgan fingerprint density at radius 1 is 1.00 bits per heavy atom. The molecule has 0 amide bonds. The molecule has 0 bridgehead atoms. The van der Waals surface area contributed by atoms with E-state index >= 15 is 0 Å². The second kappa shape index (κ2) is 2.14. The topological polar surface area (TPSA) is 0 Å². The Morgan fingerprint density at radius 3 is 1.00 bits per heavy atom. The van der Waals surface area contributed by atoms with E-state index in [0.717, 1.165) is 0 Å². The molecule has 0 aromatic heterocycles. The molecule has 0 atom stereocenters. The summed E-state index contributed by atoms with van der Waals surface area (Å²) in [5.41, 5.74) is 0. The van der Waals surface area contributed by atoms with Crippen LogP contribution in [0, 0.1) is 0 Å². The standard InChI is InChI=1S/Cl2F3P.ClH/c1-6(2,3,4)5;/h;1H. The fourth-order valence-corrected chi connectivity index (χ4v) is 0. The summed E-state index contributed by atoms with van der Waals surface area (Å²) in [6.07, 6.45) is -6.61. The van der Waals surface area contributed by atoms with E-state index in [2.05, 4.69) is 22.5 Å². The summed E-state index contributed by atoms with van der Waals surface area (Å²) in [7, 11) is 0. The number of hydrogen-bond acceptors (Lipinski definition) is 0. The summed E-state index contributed by atoms with van der Waals surface area (Å²) < 4.78 is 32.1. The summed E-state index contributed by atoms with van der Waals surface area (Å²) in [5.74, 6) is 0. The first-order valence-corrected chi connectivity index (χ1v) is 4.56. The average Bonchev–Trinajstić information content (AvgIpc) is 0.650. The quantitative estimate of drug-likeness (QED) is 0.514. The van der Waals surface area contributed by atoms with E-state index in [0.29, 0.717) is 0 Å². The number of halogens is 6. The zero-order chi connectivity index (χ0) is 5.45. The first-order valence-electron chi connectivity index (χ1n) is 0.845. The van der Waals surface area contributed by atoms with Crippen LogP contribution in [0.3, 0.4) is 0 Å². The molecule has 0 aliphatic heterocycles. The van der Waals surface area contributed by atoms with Gasteiger partial charge in [0.25, 0.3) is 0 Å². The van der Waals surface area contributed by atoms with E-state index in [-0.39, 0.29) is 12.4 Å². The first-order chi connectivity index (χ1) is 2.24. The van der Waals surface area contributed by atoms with Crippen molar-refractivity contribution in [1.29, 1.82) is 0 Å². The Morgan fingerprint density at radius 2 is 1.00 bits per heavy atom. The van der Waals surface area contributed by atoms with Gasteiger partial charge in [0.2, 0.25) is 0 Å². The second-order valence-corrected chi connectivity index (χ2v) is 5.75. The Labute approximate surface area is 54.3 Å². The van der Waals surface area contributed by atoms with Crippen LogP contribution >= 0.6 is 41.1 Å². The van der Waals surface area contributed by atoms with Crippen molar-refractivity contribution in [2.24, 2.45) is 0 Å². The predicted octanol–water partition coefficient (Wildman–Crippen LogP) is 3.92. The Hall–Kier alpha value is 1.09. The van der Waals surface area contributed by atoms with Crippen LogP contribution in [0.15, 0.2) is 0 Å². The molecule has 0 unspecified atom stereocenters. The summed E-state index contributed by atoms with van der Waals surface area (Å²) in [6.45, 7) is 0. The van der Waals surface area contributed by atoms with Crippen LogP contribution in [-0.4, -0.2) is 0 Å². The third-order valence-corrected chi connectivity index (χ3v) is 0. The van der Waals surface area contributed by atoms with Crippen molar-refractivity contribution in [3.05, 3.63) is 0 Å². The molecule has 0 aliphatic carbocycles. The molecule has 7 heteroatoms. The van der Waals surface area contributed by atoms with Crippen LogP contribution in [0.1, 0.15) is 0 Å². The molecule has 0 N–H and O–H groups in total. The fourth-order valence-electron chi connectivity index (χ4n) is 0. The molecule has 0 aliphatic rings. The van der Waals surface area contributed by atoms with E-state index in [1.807, 2.05) is 0 Å². The zero-order valence-electron chi connectivity index (χ0n) is 2.75. The third kappa shape index (κ3) is 155. The van der Waals surface area contributed by atoms with Crippen LogP contribution < -0.4 is 0 Å². The van der Waals surface area contributed by atoms with E-state index in [1.54, 1.807) is 0 Å². The van der Waals surface area contributed by atoms with Gasteiger partial charge in [0.15, 0.2) is 0 Å². The van der Waals surface area contributed by atoms with Crippen LogP contribution in [-0.2, 0) is 0 Å². The van der Waals surface area contributed by atoms with Gasteiger partial charge in [-0.2, -0.15) is 0 Å². The minimum absolute atomic E-state index is 0. The van der Waals surface area contributed by atoms with Gasteiger partial charge in [0.05, 0.1) is 0 Å². The van der Waals surface area contributed by atoms with Crippen LogP contribution in [0.25, 0.3) is 0 Å². The van der Waals surface area contributed by atoms with Crippen LogP contribution in [0.5, 0.6) is 0 Å². The molecule has 7 heavy (non-hydrogen) atoms. The Bertz CT molecular complexity index is 43.4. The van der Waals surface area contributed by atoms with Gasteiger partial charge in [-0.1, -0.05) is 0 Å². The molecule has 0 spiro atoms. The summed E-state index contributed by atoms with van der Waals surface area (Å²) in [5, 5.41) is 0. The van der Waals surface area contributed by atoms with Crippen molar-refractivity contribution in [2.45, 2.75) is 0 Å². The van der Waals surface area contributed by atoms with Gasteiger partial charge in [-0.3, -0.25) is 0 Å². The van der Waals surface area contributed by atoms with Crippen molar-refractivity contribution in [3.8, 4) is 0 Å². The van der Waals surface area contributed by atoms with E-state index in [9.17, 15) is 12.6 Å². The molecule has 48 valence electrons. The fraction of sp³-hybridized carbons (Fsp3) is 0. The first kappa shape index (κ1) is 11.0. The second-order valence-electron chi connectivity index (χ2n) is 0.639. The summed E-state index contributed by atoms with van der Waals surface area (Å²) >= 11 is 7.36. The monoisotopic (exact) mass is 194 g/mol. The number of rotatable bonds is 0. The van der Waals surface area contributed by atoms with Crippen molar-refractivity contribution < 1.29 is 12.6 Å². The predicted molar refractivity (Wildman–Crippen MR) is 29.2 cm³/mol. The van der Waals surface area contributed by atoms with E-state index in [1.165, 1.54) is 0 Å². The third-order valence-electron chi connectivity index (χ3n) is 0. The van der Waals surface area contributed by atoms with Gasteiger partial charge in [-0.15, -0.1) is 12.4 Å². The molecule has 0 saturated carbocycles. The molecule has 0 saturated heterocycles. The number of hydrogen-bond donors (Lipinski definition) is 0. The maximum absolute atomic E-state index is 10.7. The molecule has 0 nitrogen and oxygen atoms in total. The normalized spacial score (nSPS) is 16.4. The zero-order valence-corrected chi connectivity index (χ0v) is 5.97. The van der Waals surface area contributed by atoms with Gasteiger partial charge in [0, 0.05) is 0 Å². The van der Waals surface area contributed by atoms with Gasteiger partial charge >= 0.3 is 41.3 Å². The minimum atomic E-state index is -6.61. The summed E-state index contributed by atoms with van der Waals surface area (Å²) in [6, 6.07) is 0. The molecule has 0 radical (unpaired) electrons. The molecular formula is HCl3F3P. The van der Waals surface area contributed by atoms with Gasteiger partial charge in [-0.05, 0) is 0 Å². The van der Waals surface area contributed by atoms with Crippen LogP contribution in [0.4, 0.5) is 12.6 Å². The van der Waals surface area contributed by atoms with Crippen molar-refractivity contribution >= 4 is 41.1 Å². The van der Waals surface area contributed by atoms with E-state index < -0.39 is 6.24 Å². The summed E-state index contributed by atoms with van der Waals surface area (Å²) in [4.78, 5) is 0. The van der Waals surface area contributed by atoms with Crippen molar-refractivity contribution in [2.75, 3.05) is 0 Å². The molecule has 0 aromatic rings. The van der Waals surface area contributed by atoms with Gasteiger partial charge in [0.1, 0.15) is 0 Å². The van der Waals surface area contributed by atoms with Crippen LogP contribution in [0.2, 0.25) is 0 Å². The molecule has 0 fully saturated rings. The molecule has 0 heterocycles. The maximum atomic E-state index is 10.7. The van der Waals surface area contributed by atoms with E-state index in [4.69, 9.17) is 0 Å². The van der Waals surface area contributed by atoms with Crippen molar-refractivity contribution in [1.82, 2.24) is 0 Å². The van der Waals surface area contributed by atoms with Crippen molar-refractivity contribution in [3.63, 3.8) is 0 Å².